The zero-order valence-electron chi connectivity index (χ0n) is 9.19. The minimum Gasteiger partial charge on any atom is -0.388 e. The van der Waals surface area contributed by atoms with Gasteiger partial charge in [-0.05, 0) is 24.9 Å². The fraction of sp³-hybridized carbons (Fsp3) is 0.538. The number of aliphatic hydroxyl groups is 1. The SMILES string of the molecule is CC(C1CCCN1)C(O)c1ccccc1. The van der Waals surface area contributed by atoms with E-state index in [1.807, 2.05) is 30.3 Å². The Bertz CT molecular complexity index is 293. The molecule has 0 saturated carbocycles. The van der Waals surface area contributed by atoms with E-state index >= 15 is 0 Å². The third-order valence-electron chi connectivity index (χ3n) is 3.37. The van der Waals surface area contributed by atoms with Crippen molar-refractivity contribution in [2.75, 3.05) is 6.54 Å². The van der Waals surface area contributed by atoms with E-state index in [1.165, 1.54) is 12.8 Å². The highest BCUT2D eigenvalue weighted by molar-refractivity contribution is 5.18. The van der Waals surface area contributed by atoms with Crippen LogP contribution in [0, 0.1) is 5.92 Å². The molecule has 2 N–H and O–H groups in total. The van der Waals surface area contributed by atoms with Crippen LogP contribution in [-0.4, -0.2) is 17.7 Å². The first kappa shape index (κ1) is 10.7. The third kappa shape index (κ3) is 2.39. The number of aliphatic hydroxyl groups excluding tert-OH is 1. The summed E-state index contributed by atoms with van der Waals surface area (Å²) in [4.78, 5) is 0. The van der Waals surface area contributed by atoms with Gasteiger partial charge < -0.3 is 10.4 Å². The van der Waals surface area contributed by atoms with Crippen molar-refractivity contribution in [3.8, 4) is 0 Å². The highest BCUT2D eigenvalue weighted by Crippen LogP contribution is 2.27. The maximum absolute atomic E-state index is 10.2. The van der Waals surface area contributed by atoms with E-state index in [9.17, 15) is 5.11 Å². The molecule has 2 heteroatoms. The molecule has 0 aliphatic carbocycles. The Morgan fingerprint density at radius 3 is 2.67 bits per heavy atom. The Balaban J connectivity index is 2.03. The Morgan fingerprint density at radius 1 is 1.33 bits per heavy atom. The molecule has 0 amide bonds. The largest absolute Gasteiger partial charge is 0.388 e. The number of hydrogen-bond acceptors (Lipinski definition) is 2. The topological polar surface area (TPSA) is 32.3 Å². The first-order chi connectivity index (χ1) is 7.29. The zero-order chi connectivity index (χ0) is 10.7. The molecule has 2 rings (SSSR count). The Morgan fingerprint density at radius 2 is 2.07 bits per heavy atom. The van der Waals surface area contributed by atoms with Gasteiger partial charge in [-0.3, -0.25) is 0 Å². The lowest BCUT2D eigenvalue weighted by atomic mass is 9.90. The average Bonchev–Trinajstić information content (AvgIpc) is 2.82. The Labute approximate surface area is 91.3 Å². The molecule has 1 aliphatic rings. The monoisotopic (exact) mass is 205 g/mol. The van der Waals surface area contributed by atoms with Gasteiger partial charge in [0.15, 0.2) is 0 Å². The van der Waals surface area contributed by atoms with Crippen LogP contribution in [0.3, 0.4) is 0 Å². The summed E-state index contributed by atoms with van der Waals surface area (Å²) < 4.78 is 0. The van der Waals surface area contributed by atoms with Crippen molar-refractivity contribution in [2.45, 2.75) is 31.9 Å². The summed E-state index contributed by atoms with van der Waals surface area (Å²) in [6, 6.07) is 10.4. The van der Waals surface area contributed by atoms with Gasteiger partial charge in [0.2, 0.25) is 0 Å². The number of rotatable bonds is 3. The van der Waals surface area contributed by atoms with Crippen LogP contribution in [0.5, 0.6) is 0 Å². The summed E-state index contributed by atoms with van der Waals surface area (Å²) in [5.41, 5.74) is 1.03. The van der Waals surface area contributed by atoms with Crippen LogP contribution in [0.1, 0.15) is 31.4 Å². The molecule has 0 aromatic heterocycles. The fourth-order valence-corrected chi connectivity index (χ4v) is 2.33. The molecule has 1 aromatic carbocycles. The maximum Gasteiger partial charge on any atom is 0.0830 e. The Kier molecular flexibility index (Phi) is 3.39. The van der Waals surface area contributed by atoms with Crippen molar-refractivity contribution >= 4 is 0 Å². The first-order valence-corrected chi connectivity index (χ1v) is 5.75. The third-order valence-corrected chi connectivity index (χ3v) is 3.37. The predicted molar refractivity (Wildman–Crippen MR) is 61.6 cm³/mol. The molecule has 82 valence electrons. The normalized spacial score (nSPS) is 25.1. The quantitative estimate of drug-likeness (QED) is 0.792. The smallest absolute Gasteiger partial charge is 0.0830 e. The molecule has 3 unspecified atom stereocenters. The molecule has 1 aliphatic heterocycles. The van der Waals surface area contributed by atoms with Crippen LogP contribution in [0.2, 0.25) is 0 Å². The van der Waals surface area contributed by atoms with Gasteiger partial charge in [-0.2, -0.15) is 0 Å². The lowest BCUT2D eigenvalue weighted by Crippen LogP contribution is -2.32. The van der Waals surface area contributed by atoms with Gasteiger partial charge in [-0.1, -0.05) is 37.3 Å². The molecule has 0 radical (unpaired) electrons. The summed E-state index contributed by atoms with van der Waals surface area (Å²) in [6.45, 7) is 3.22. The van der Waals surface area contributed by atoms with E-state index in [4.69, 9.17) is 0 Å². The van der Waals surface area contributed by atoms with Gasteiger partial charge in [-0.25, -0.2) is 0 Å². The lowest BCUT2D eigenvalue weighted by molar-refractivity contribution is 0.0983. The molecule has 1 saturated heterocycles. The van der Waals surface area contributed by atoms with Gasteiger partial charge in [0, 0.05) is 12.0 Å². The number of hydrogen-bond donors (Lipinski definition) is 2. The maximum atomic E-state index is 10.2. The van der Waals surface area contributed by atoms with Crippen molar-refractivity contribution < 1.29 is 5.11 Å². The molecule has 0 bridgehead atoms. The van der Waals surface area contributed by atoms with Crippen LogP contribution in [-0.2, 0) is 0 Å². The van der Waals surface area contributed by atoms with Crippen molar-refractivity contribution in [2.24, 2.45) is 5.92 Å². The highest BCUT2D eigenvalue weighted by atomic mass is 16.3. The minimum absolute atomic E-state index is 0.287. The summed E-state index contributed by atoms with van der Waals surface area (Å²) in [7, 11) is 0. The van der Waals surface area contributed by atoms with Gasteiger partial charge in [0.05, 0.1) is 6.10 Å². The van der Waals surface area contributed by atoms with Gasteiger partial charge in [-0.15, -0.1) is 0 Å². The molecule has 2 nitrogen and oxygen atoms in total. The van der Waals surface area contributed by atoms with E-state index in [1.54, 1.807) is 0 Å². The summed E-state index contributed by atoms with van der Waals surface area (Å²) in [5, 5.41) is 13.7. The molecule has 1 heterocycles. The van der Waals surface area contributed by atoms with Crippen LogP contribution < -0.4 is 5.32 Å². The summed E-state index contributed by atoms with van der Waals surface area (Å²) in [5.74, 6) is 0.287. The van der Waals surface area contributed by atoms with E-state index in [2.05, 4.69) is 12.2 Å². The second-order valence-corrected chi connectivity index (χ2v) is 4.42. The minimum atomic E-state index is -0.346. The highest BCUT2D eigenvalue weighted by Gasteiger charge is 2.27. The molecular weight excluding hydrogens is 186 g/mol. The van der Waals surface area contributed by atoms with Crippen molar-refractivity contribution in [1.82, 2.24) is 5.32 Å². The van der Waals surface area contributed by atoms with Gasteiger partial charge >= 0.3 is 0 Å². The van der Waals surface area contributed by atoms with E-state index in [0.29, 0.717) is 6.04 Å². The summed E-state index contributed by atoms with van der Waals surface area (Å²) in [6.07, 6.45) is 2.07. The Hall–Kier alpha value is -0.860. The van der Waals surface area contributed by atoms with Crippen molar-refractivity contribution in [1.29, 1.82) is 0 Å². The van der Waals surface area contributed by atoms with Gasteiger partial charge in [0.1, 0.15) is 0 Å². The predicted octanol–water partition coefficient (Wildman–Crippen LogP) is 2.11. The molecule has 3 atom stereocenters. The van der Waals surface area contributed by atoms with Crippen LogP contribution in [0.25, 0.3) is 0 Å². The number of benzene rings is 1. The molecule has 0 spiro atoms. The lowest BCUT2D eigenvalue weighted by Gasteiger charge is -2.25. The zero-order valence-corrected chi connectivity index (χ0v) is 9.19. The fourth-order valence-electron chi connectivity index (χ4n) is 2.33. The standard InChI is InChI=1S/C13H19NO/c1-10(12-8-5-9-14-12)13(15)11-6-3-2-4-7-11/h2-4,6-7,10,12-15H,5,8-9H2,1H3. The average molecular weight is 205 g/mol. The van der Waals surface area contributed by atoms with Crippen molar-refractivity contribution in [3.63, 3.8) is 0 Å². The molecule has 1 aromatic rings. The second-order valence-electron chi connectivity index (χ2n) is 4.42. The van der Waals surface area contributed by atoms with Crippen LogP contribution in [0.15, 0.2) is 30.3 Å². The molecule has 1 fully saturated rings. The second kappa shape index (κ2) is 4.77. The van der Waals surface area contributed by atoms with Crippen LogP contribution in [0.4, 0.5) is 0 Å². The molecular formula is C13H19NO. The van der Waals surface area contributed by atoms with E-state index in [0.717, 1.165) is 12.1 Å². The van der Waals surface area contributed by atoms with E-state index < -0.39 is 0 Å². The first-order valence-electron chi connectivity index (χ1n) is 5.75. The van der Waals surface area contributed by atoms with Crippen molar-refractivity contribution in [3.05, 3.63) is 35.9 Å². The summed E-state index contributed by atoms with van der Waals surface area (Å²) >= 11 is 0. The van der Waals surface area contributed by atoms with E-state index in [-0.39, 0.29) is 12.0 Å². The van der Waals surface area contributed by atoms with Crippen LogP contribution >= 0.6 is 0 Å². The van der Waals surface area contributed by atoms with Gasteiger partial charge in [0.25, 0.3) is 0 Å². The number of nitrogens with one attached hydrogen (secondary N) is 1. The molecule has 15 heavy (non-hydrogen) atoms.